The molecule has 0 unspecified atom stereocenters. The molecule has 0 spiro atoms. The van der Waals surface area contributed by atoms with E-state index < -0.39 is 0 Å². The van der Waals surface area contributed by atoms with Crippen LogP contribution in [0, 0.1) is 17.1 Å². The Kier molecular flexibility index (Phi) is 4.40. The third kappa shape index (κ3) is 3.12. The van der Waals surface area contributed by atoms with Crippen LogP contribution >= 0.6 is 11.6 Å². The summed E-state index contributed by atoms with van der Waals surface area (Å²) in [6.07, 6.45) is 0.572. The van der Waals surface area contributed by atoms with Crippen molar-refractivity contribution < 1.29 is 4.39 Å². The fourth-order valence-corrected chi connectivity index (χ4v) is 2.29. The smallest absolute Gasteiger partial charge is 0.141 e. The quantitative estimate of drug-likeness (QED) is 0.843. The number of halogens is 2. The predicted molar refractivity (Wildman–Crippen MR) is 70.3 cm³/mol. The zero-order chi connectivity index (χ0) is 13.0. The van der Waals surface area contributed by atoms with Gasteiger partial charge in [0.05, 0.1) is 11.1 Å². The standard InChI is InChI=1S/C13H15ClFN3/c14-12-10-11(2-3-13(12)15)18-8-6-17(7-9-18)5-1-4-16/h2-3,10H,1,5-9H2. The molecule has 1 heterocycles. The van der Waals surface area contributed by atoms with Crippen LogP contribution in [0.1, 0.15) is 6.42 Å². The molecule has 0 saturated carbocycles. The molecule has 0 amide bonds. The topological polar surface area (TPSA) is 30.3 Å². The van der Waals surface area contributed by atoms with Gasteiger partial charge in [-0.25, -0.2) is 4.39 Å². The van der Waals surface area contributed by atoms with Gasteiger partial charge >= 0.3 is 0 Å². The van der Waals surface area contributed by atoms with Gasteiger partial charge in [0, 0.05) is 44.8 Å². The molecular weight excluding hydrogens is 253 g/mol. The summed E-state index contributed by atoms with van der Waals surface area (Å²) >= 11 is 5.78. The summed E-state index contributed by atoms with van der Waals surface area (Å²) in [5.74, 6) is -0.381. The molecule has 0 N–H and O–H groups in total. The minimum atomic E-state index is -0.381. The highest BCUT2D eigenvalue weighted by molar-refractivity contribution is 6.31. The zero-order valence-corrected chi connectivity index (χ0v) is 10.8. The number of piperazine rings is 1. The van der Waals surface area contributed by atoms with E-state index in [1.54, 1.807) is 12.1 Å². The molecule has 0 atom stereocenters. The average Bonchev–Trinajstić information content (AvgIpc) is 2.40. The van der Waals surface area contributed by atoms with Crippen molar-refractivity contribution in [2.45, 2.75) is 6.42 Å². The van der Waals surface area contributed by atoms with Gasteiger partial charge < -0.3 is 4.90 Å². The lowest BCUT2D eigenvalue weighted by molar-refractivity contribution is 0.263. The first-order valence-electron chi connectivity index (χ1n) is 6.00. The monoisotopic (exact) mass is 267 g/mol. The zero-order valence-electron chi connectivity index (χ0n) is 10.1. The van der Waals surface area contributed by atoms with Gasteiger partial charge in [-0.05, 0) is 18.2 Å². The van der Waals surface area contributed by atoms with E-state index >= 15 is 0 Å². The van der Waals surface area contributed by atoms with Gasteiger partial charge in [0.1, 0.15) is 5.82 Å². The van der Waals surface area contributed by atoms with Crippen molar-refractivity contribution in [2.75, 3.05) is 37.6 Å². The number of hydrogen-bond donors (Lipinski definition) is 0. The van der Waals surface area contributed by atoms with Crippen LogP contribution in [-0.2, 0) is 0 Å². The van der Waals surface area contributed by atoms with E-state index in [0.29, 0.717) is 6.42 Å². The van der Waals surface area contributed by atoms with Crippen LogP contribution in [0.4, 0.5) is 10.1 Å². The maximum absolute atomic E-state index is 13.1. The van der Waals surface area contributed by atoms with Gasteiger partial charge in [-0.15, -0.1) is 0 Å². The number of hydrogen-bond acceptors (Lipinski definition) is 3. The molecule has 18 heavy (non-hydrogen) atoms. The highest BCUT2D eigenvalue weighted by atomic mass is 35.5. The Balaban J connectivity index is 1.93. The first-order chi connectivity index (χ1) is 8.70. The fraction of sp³-hybridized carbons (Fsp3) is 0.462. The first-order valence-corrected chi connectivity index (χ1v) is 6.38. The molecule has 1 aromatic carbocycles. The van der Waals surface area contributed by atoms with Crippen LogP contribution in [0.3, 0.4) is 0 Å². The summed E-state index contributed by atoms with van der Waals surface area (Å²) in [5.41, 5.74) is 0.960. The Bertz CT molecular complexity index is 450. The van der Waals surface area contributed by atoms with E-state index in [1.165, 1.54) is 6.07 Å². The Hall–Kier alpha value is -1.31. The molecule has 3 nitrogen and oxygen atoms in total. The molecule has 0 aliphatic carbocycles. The Morgan fingerprint density at radius 3 is 2.61 bits per heavy atom. The summed E-state index contributed by atoms with van der Waals surface area (Å²) in [4.78, 5) is 4.46. The Morgan fingerprint density at radius 2 is 2.00 bits per heavy atom. The molecule has 1 saturated heterocycles. The number of rotatable bonds is 3. The van der Waals surface area contributed by atoms with Gasteiger partial charge in [-0.3, -0.25) is 4.90 Å². The van der Waals surface area contributed by atoms with E-state index in [-0.39, 0.29) is 10.8 Å². The molecule has 5 heteroatoms. The van der Waals surface area contributed by atoms with Gasteiger partial charge in [-0.1, -0.05) is 11.6 Å². The molecule has 1 aromatic rings. The normalized spacial score (nSPS) is 16.6. The van der Waals surface area contributed by atoms with Crippen molar-refractivity contribution >= 4 is 17.3 Å². The summed E-state index contributed by atoms with van der Waals surface area (Å²) in [7, 11) is 0. The fourth-order valence-electron chi connectivity index (χ4n) is 2.12. The Morgan fingerprint density at radius 1 is 1.28 bits per heavy atom. The third-order valence-corrected chi connectivity index (χ3v) is 3.47. The average molecular weight is 268 g/mol. The van der Waals surface area contributed by atoms with E-state index in [0.717, 1.165) is 38.4 Å². The second-order valence-corrected chi connectivity index (χ2v) is 4.74. The van der Waals surface area contributed by atoms with Crippen molar-refractivity contribution in [1.29, 1.82) is 5.26 Å². The molecule has 96 valence electrons. The van der Waals surface area contributed by atoms with E-state index in [4.69, 9.17) is 16.9 Å². The highest BCUT2D eigenvalue weighted by Gasteiger charge is 2.17. The molecule has 1 aliphatic rings. The minimum absolute atomic E-state index is 0.166. The van der Waals surface area contributed by atoms with E-state index in [1.807, 2.05) is 0 Å². The molecule has 1 aliphatic heterocycles. The number of nitriles is 1. The Labute approximate surface area is 111 Å². The molecule has 0 radical (unpaired) electrons. The van der Waals surface area contributed by atoms with Crippen LogP contribution in [0.25, 0.3) is 0 Å². The largest absolute Gasteiger partial charge is 0.369 e. The van der Waals surface area contributed by atoms with Crippen molar-refractivity contribution in [3.8, 4) is 6.07 Å². The number of benzene rings is 1. The summed E-state index contributed by atoms with van der Waals surface area (Å²) < 4.78 is 13.1. The first kappa shape index (κ1) is 13.1. The van der Waals surface area contributed by atoms with Crippen LogP contribution in [0.15, 0.2) is 18.2 Å². The molecule has 0 aromatic heterocycles. The lowest BCUT2D eigenvalue weighted by Crippen LogP contribution is -2.46. The predicted octanol–water partition coefficient (Wildman–Crippen LogP) is 2.51. The van der Waals surface area contributed by atoms with Crippen molar-refractivity contribution in [3.05, 3.63) is 29.0 Å². The van der Waals surface area contributed by atoms with Gasteiger partial charge in [-0.2, -0.15) is 5.26 Å². The SMILES string of the molecule is N#CCCN1CCN(c2ccc(F)c(Cl)c2)CC1. The van der Waals surface area contributed by atoms with Crippen molar-refractivity contribution in [3.63, 3.8) is 0 Å². The number of nitrogens with zero attached hydrogens (tertiary/aromatic N) is 3. The maximum atomic E-state index is 13.1. The lowest BCUT2D eigenvalue weighted by atomic mass is 10.2. The lowest BCUT2D eigenvalue weighted by Gasteiger charge is -2.35. The van der Waals surface area contributed by atoms with Gasteiger partial charge in [0.25, 0.3) is 0 Å². The van der Waals surface area contributed by atoms with E-state index in [2.05, 4.69) is 15.9 Å². The molecule has 0 bridgehead atoms. The van der Waals surface area contributed by atoms with E-state index in [9.17, 15) is 4.39 Å². The molecule has 1 fully saturated rings. The van der Waals surface area contributed by atoms with Crippen LogP contribution in [0.5, 0.6) is 0 Å². The summed E-state index contributed by atoms with van der Waals surface area (Å²) in [6, 6.07) is 6.98. The molecular formula is C13H15ClFN3. The van der Waals surface area contributed by atoms with Gasteiger partial charge in [0.2, 0.25) is 0 Å². The number of anilines is 1. The summed E-state index contributed by atoms with van der Waals surface area (Å²) in [5, 5.41) is 8.71. The van der Waals surface area contributed by atoms with Crippen molar-refractivity contribution in [2.24, 2.45) is 0 Å². The molecule has 2 rings (SSSR count). The highest BCUT2D eigenvalue weighted by Crippen LogP contribution is 2.23. The van der Waals surface area contributed by atoms with Crippen LogP contribution < -0.4 is 4.90 Å². The van der Waals surface area contributed by atoms with Gasteiger partial charge in [0.15, 0.2) is 0 Å². The summed E-state index contributed by atoms with van der Waals surface area (Å²) in [6.45, 7) is 4.45. The second kappa shape index (κ2) is 6.03. The second-order valence-electron chi connectivity index (χ2n) is 4.34. The maximum Gasteiger partial charge on any atom is 0.141 e. The van der Waals surface area contributed by atoms with Crippen molar-refractivity contribution in [1.82, 2.24) is 4.90 Å². The minimum Gasteiger partial charge on any atom is -0.369 e. The van der Waals surface area contributed by atoms with Crippen LogP contribution in [0.2, 0.25) is 5.02 Å². The van der Waals surface area contributed by atoms with Crippen LogP contribution in [-0.4, -0.2) is 37.6 Å². The third-order valence-electron chi connectivity index (χ3n) is 3.18.